The van der Waals surface area contributed by atoms with Crippen molar-refractivity contribution in [2.45, 2.75) is 20.4 Å². The first-order valence-corrected chi connectivity index (χ1v) is 11.8. The van der Waals surface area contributed by atoms with E-state index in [-0.39, 0.29) is 0 Å². The summed E-state index contributed by atoms with van der Waals surface area (Å²) in [6, 6.07) is 20.1. The van der Waals surface area contributed by atoms with Gasteiger partial charge in [-0.3, -0.25) is 4.57 Å². The van der Waals surface area contributed by atoms with E-state index in [2.05, 4.69) is 20.9 Å². The molecule has 5 aromatic rings. The van der Waals surface area contributed by atoms with Crippen molar-refractivity contribution in [2.24, 2.45) is 0 Å². The number of ether oxygens (including phenoxy) is 2. The van der Waals surface area contributed by atoms with Crippen LogP contribution in [0.2, 0.25) is 0 Å². The number of anilines is 2. The molecule has 0 saturated heterocycles. The quantitative estimate of drug-likeness (QED) is 0.412. The van der Waals surface area contributed by atoms with Gasteiger partial charge in [0, 0.05) is 29.2 Å². The highest BCUT2D eigenvalue weighted by Gasteiger charge is 2.21. The molecule has 1 aliphatic rings. The molecule has 1 aliphatic heterocycles. The van der Waals surface area contributed by atoms with E-state index in [1.165, 1.54) is 0 Å². The highest BCUT2D eigenvalue weighted by Crippen LogP contribution is 2.33. The molecule has 0 unspecified atom stereocenters. The van der Waals surface area contributed by atoms with Crippen LogP contribution in [0.1, 0.15) is 18.3 Å². The fourth-order valence-corrected chi connectivity index (χ4v) is 4.72. The van der Waals surface area contributed by atoms with E-state index in [1.807, 2.05) is 73.0 Å². The second-order valence-corrected chi connectivity index (χ2v) is 8.56. The predicted molar refractivity (Wildman–Crippen MR) is 137 cm³/mol. The molecule has 0 amide bonds. The molecular weight excluding hydrogens is 440 g/mol. The Labute approximate surface area is 202 Å². The van der Waals surface area contributed by atoms with Gasteiger partial charge in [-0.15, -0.1) is 0 Å². The lowest BCUT2D eigenvalue weighted by atomic mass is 10.1. The molecule has 3 heterocycles. The topological polar surface area (TPSA) is 91.3 Å². The van der Waals surface area contributed by atoms with Gasteiger partial charge in [0.05, 0.1) is 29.7 Å². The van der Waals surface area contributed by atoms with Crippen LogP contribution in [-0.2, 0) is 6.54 Å². The van der Waals surface area contributed by atoms with E-state index in [0.29, 0.717) is 32.3 Å². The van der Waals surface area contributed by atoms with Crippen LogP contribution in [0.4, 0.5) is 11.8 Å². The average Bonchev–Trinajstić information content (AvgIpc) is 3.04. The number of imidazole rings is 1. The fourth-order valence-electron chi connectivity index (χ4n) is 4.72. The highest BCUT2D eigenvalue weighted by atomic mass is 16.5. The van der Waals surface area contributed by atoms with Gasteiger partial charge in [0.25, 0.3) is 0 Å². The number of fused-ring (bicyclic) bond motifs is 3. The molecule has 0 spiro atoms. The van der Waals surface area contributed by atoms with Crippen LogP contribution in [0.3, 0.4) is 0 Å². The maximum absolute atomic E-state index is 6.31. The number of nitrogens with zero attached hydrogens (tertiary/aromatic N) is 5. The minimum absolute atomic E-state index is 0.458. The van der Waals surface area contributed by atoms with Crippen LogP contribution in [0.15, 0.2) is 60.7 Å². The Morgan fingerprint density at radius 2 is 1.89 bits per heavy atom. The summed E-state index contributed by atoms with van der Waals surface area (Å²) in [5.74, 6) is 3.75. The Morgan fingerprint density at radius 1 is 1.00 bits per heavy atom. The summed E-state index contributed by atoms with van der Waals surface area (Å²) in [6.07, 6.45) is 0. The second-order valence-electron chi connectivity index (χ2n) is 8.56. The number of hydrogen-bond donors (Lipinski definition) is 1. The first-order chi connectivity index (χ1) is 17.1. The highest BCUT2D eigenvalue weighted by molar-refractivity contribution is 5.90. The number of aryl methyl sites for hydroxylation is 1. The van der Waals surface area contributed by atoms with E-state index < -0.39 is 0 Å². The zero-order valence-electron chi connectivity index (χ0n) is 19.7. The summed E-state index contributed by atoms with van der Waals surface area (Å²) in [6.45, 7) is 6.42. The maximum Gasteiger partial charge on any atom is 0.205 e. The number of aromatic nitrogens is 4. The normalized spacial score (nSPS) is 13.5. The third-order valence-electron chi connectivity index (χ3n) is 6.24. The molecule has 176 valence electrons. The number of rotatable bonds is 4. The standard InChI is InChI=1S/C27H26N6O2/c1-3-34-20-9-10-21-23(15-20)29-17(2)30-26(21)32-12-13-35-25-11-8-19(14-18(25)16-32)33-24-7-5-4-6-22(24)31-27(33)28/h4-11,14-15H,3,12-13,16H2,1-2H3,(H2,28,31). The third kappa shape index (κ3) is 3.77. The Bertz CT molecular complexity index is 1560. The number of nitrogens with two attached hydrogens (primary N) is 1. The fraction of sp³-hybridized carbons (Fsp3) is 0.222. The van der Waals surface area contributed by atoms with Gasteiger partial charge in [0.1, 0.15) is 29.7 Å². The van der Waals surface area contributed by atoms with Gasteiger partial charge in [0.15, 0.2) is 0 Å². The molecule has 3 aromatic carbocycles. The van der Waals surface area contributed by atoms with Crippen molar-refractivity contribution in [1.82, 2.24) is 19.5 Å². The lowest BCUT2D eigenvalue weighted by Gasteiger charge is -2.23. The number of para-hydroxylation sites is 2. The van der Waals surface area contributed by atoms with Gasteiger partial charge in [-0.25, -0.2) is 15.0 Å². The smallest absolute Gasteiger partial charge is 0.205 e. The minimum atomic E-state index is 0.458. The molecule has 6 rings (SSSR count). The van der Waals surface area contributed by atoms with Gasteiger partial charge in [-0.2, -0.15) is 0 Å². The molecule has 0 atom stereocenters. The first kappa shape index (κ1) is 21.2. The number of benzene rings is 3. The SMILES string of the molecule is CCOc1ccc2c(N3CCOc4ccc(-n5c(N)nc6ccccc65)cc4C3)nc(C)nc2c1. The van der Waals surface area contributed by atoms with Crippen LogP contribution in [0.5, 0.6) is 11.5 Å². The second kappa shape index (κ2) is 8.47. The van der Waals surface area contributed by atoms with Crippen molar-refractivity contribution < 1.29 is 9.47 Å². The summed E-state index contributed by atoms with van der Waals surface area (Å²) in [7, 11) is 0. The molecule has 8 nitrogen and oxygen atoms in total. The van der Waals surface area contributed by atoms with Crippen molar-refractivity contribution >= 4 is 33.7 Å². The van der Waals surface area contributed by atoms with Gasteiger partial charge < -0.3 is 20.1 Å². The summed E-state index contributed by atoms with van der Waals surface area (Å²) in [4.78, 5) is 16.3. The summed E-state index contributed by atoms with van der Waals surface area (Å²) < 4.78 is 13.8. The van der Waals surface area contributed by atoms with Crippen LogP contribution in [-0.4, -0.2) is 39.3 Å². The number of nitrogen functional groups attached to an aromatic ring is 1. The van der Waals surface area contributed by atoms with E-state index >= 15 is 0 Å². The molecular formula is C27H26N6O2. The van der Waals surface area contributed by atoms with E-state index in [0.717, 1.165) is 56.3 Å². The molecule has 35 heavy (non-hydrogen) atoms. The molecule has 0 saturated carbocycles. The Balaban J connectivity index is 1.42. The summed E-state index contributed by atoms with van der Waals surface area (Å²) in [5, 5.41) is 0.989. The van der Waals surface area contributed by atoms with Crippen molar-refractivity contribution in [3.05, 3.63) is 72.1 Å². The monoisotopic (exact) mass is 466 g/mol. The van der Waals surface area contributed by atoms with Gasteiger partial charge in [0.2, 0.25) is 5.95 Å². The molecule has 8 heteroatoms. The third-order valence-corrected chi connectivity index (χ3v) is 6.24. The predicted octanol–water partition coefficient (Wildman–Crippen LogP) is 4.66. The van der Waals surface area contributed by atoms with E-state index in [1.54, 1.807) is 0 Å². The largest absolute Gasteiger partial charge is 0.494 e. The Morgan fingerprint density at radius 3 is 2.77 bits per heavy atom. The minimum Gasteiger partial charge on any atom is -0.494 e. The zero-order chi connectivity index (χ0) is 23.9. The maximum atomic E-state index is 6.31. The van der Waals surface area contributed by atoms with Crippen molar-refractivity contribution in [3.8, 4) is 17.2 Å². The molecule has 0 bridgehead atoms. The molecule has 0 radical (unpaired) electrons. The van der Waals surface area contributed by atoms with Gasteiger partial charge >= 0.3 is 0 Å². The van der Waals surface area contributed by atoms with Crippen LogP contribution in [0, 0.1) is 6.92 Å². The summed E-state index contributed by atoms with van der Waals surface area (Å²) >= 11 is 0. The lowest BCUT2D eigenvalue weighted by Crippen LogP contribution is -2.26. The van der Waals surface area contributed by atoms with E-state index in [9.17, 15) is 0 Å². The van der Waals surface area contributed by atoms with Crippen LogP contribution >= 0.6 is 0 Å². The lowest BCUT2D eigenvalue weighted by molar-refractivity contribution is 0.331. The Kier molecular flexibility index (Phi) is 5.13. The summed E-state index contributed by atoms with van der Waals surface area (Å²) in [5.41, 5.74) is 11.0. The van der Waals surface area contributed by atoms with E-state index in [4.69, 9.17) is 20.2 Å². The van der Waals surface area contributed by atoms with Crippen LogP contribution < -0.4 is 20.1 Å². The molecule has 2 N–H and O–H groups in total. The first-order valence-electron chi connectivity index (χ1n) is 11.8. The average molecular weight is 467 g/mol. The van der Waals surface area contributed by atoms with Crippen LogP contribution in [0.25, 0.3) is 27.6 Å². The number of hydrogen-bond acceptors (Lipinski definition) is 7. The Hall–Kier alpha value is -4.33. The molecule has 2 aromatic heterocycles. The van der Waals surface area contributed by atoms with Crippen molar-refractivity contribution in [3.63, 3.8) is 0 Å². The molecule has 0 fully saturated rings. The van der Waals surface area contributed by atoms with Crippen molar-refractivity contribution in [1.29, 1.82) is 0 Å². The van der Waals surface area contributed by atoms with Gasteiger partial charge in [-0.1, -0.05) is 12.1 Å². The molecule has 0 aliphatic carbocycles. The van der Waals surface area contributed by atoms with Crippen molar-refractivity contribution in [2.75, 3.05) is 30.4 Å². The zero-order valence-corrected chi connectivity index (χ0v) is 19.7. The van der Waals surface area contributed by atoms with Gasteiger partial charge in [-0.05, 0) is 56.3 Å².